The van der Waals surface area contributed by atoms with Crippen LogP contribution in [0.2, 0.25) is 0 Å². The molecule has 1 aliphatic heterocycles. The molecule has 1 aromatic heterocycles. The molecule has 0 unspecified atom stereocenters. The lowest BCUT2D eigenvalue weighted by atomic mass is 10.1. The number of nitrogens with one attached hydrogen (secondary N) is 1. The van der Waals surface area contributed by atoms with Crippen LogP contribution in [0.5, 0.6) is 0 Å². The summed E-state index contributed by atoms with van der Waals surface area (Å²) >= 11 is 0. The summed E-state index contributed by atoms with van der Waals surface area (Å²) in [5.74, 6) is -0.161. The van der Waals surface area contributed by atoms with E-state index in [2.05, 4.69) is 10.4 Å². The van der Waals surface area contributed by atoms with Crippen molar-refractivity contribution in [3.05, 3.63) is 18.5 Å². The van der Waals surface area contributed by atoms with Gasteiger partial charge < -0.3 is 10.2 Å². The molecular formula is C12H18N4O2. The maximum absolute atomic E-state index is 11.9. The molecule has 0 bridgehead atoms. The lowest BCUT2D eigenvalue weighted by molar-refractivity contribution is -0.128. The summed E-state index contributed by atoms with van der Waals surface area (Å²) in [6.45, 7) is 4.34. The first-order valence-corrected chi connectivity index (χ1v) is 6.23. The van der Waals surface area contributed by atoms with Crippen LogP contribution < -0.4 is 5.32 Å². The predicted octanol–water partition coefficient (Wildman–Crippen LogP) is -0.132. The Morgan fingerprint density at radius 1 is 1.61 bits per heavy atom. The second-order valence-electron chi connectivity index (χ2n) is 4.39. The van der Waals surface area contributed by atoms with Gasteiger partial charge in [0.25, 0.3) is 0 Å². The van der Waals surface area contributed by atoms with Gasteiger partial charge in [-0.3, -0.25) is 14.3 Å². The van der Waals surface area contributed by atoms with Crippen LogP contribution in [-0.4, -0.2) is 46.1 Å². The van der Waals surface area contributed by atoms with Crippen molar-refractivity contribution >= 4 is 11.8 Å². The fraction of sp³-hybridized carbons (Fsp3) is 0.583. The van der Waals surface area contributed by atoms with Gasteiger partial charge in [-0.1, -0.05) is 0 Å². The van der Waals surface area contributed by atoms with Gasteiger partial charge in [-0.05, 0) is 13.0 Å². The second kappa shape index (κ2) is 5.66. The van der Waals surface area contributed by atoms with E-state index >= 15 is 0 Å². The molecule has 1 atom stereocenters. The number of likely N-dealkylation sites (tertiary alicyclic amines) is 1. The number of hydrogen-bond donors (Lipinski definition) is 1. The highest BCUT2D eigenvalue weighted by molar-refractivity contribution is 5.89. The van der Waals surface area contributed by atoms with E-state index in [0.717, 1.165) is 0 Å². The van der Waals surface area contributed by atoms with E-state index in [1.165, 1.54) is 0 Å². The van der Waals surface area contributed by atoms with Gasteiger partial charge in [-0.25, -0.2) is 0 Å². The highest BCUT2D eigenvalue weighted by Crippen LogP contribution is 2.17. The number of nitrogens with zero attached hydrogens (tertiary/aromatic N) is 3. The van der Waals surface area contributed by atoms with Crippen LogP contribution >= 0.6 is 0 Å². The van der Waals surface area contributed by atoms with E-state index in [-0.39, 0.29) is 17.7 Å². The minimum atomic E-state index is -0.199. The quantitative estimate of drug-likeness (QED) is 0.791. The van der Waals surface area contributed by atoms with Crippen LogP contribution in [0.4, 0.5) is 0 Å². The molecule has 2 rings (SSSR count). The predicted molar refractivity (Wildman–Crippen MR) is 65.6 cm³/mol. The Bertz CT molecular complexity index is 416. The Balaban J connectivity index is 1.74. The molecule has 1 saturated heterocycles. The molecule has 0 spiro atoms. The lowest BCUT2D eigenvalue weighted by Crippen LogP contribution is -2.34. The topological polar surface area (TPSA) is 67.2 Å². The highest BCUT2D eigenvalue weighted by Gasteiger charge is 2.32. The van der Waals surface area contributed by atoms with Gasteiger partial charge in [0.1, 0.15) is 0 Å². The van der Waals surface area contributed by atoms with E-state index < -0.39 is 0 Å². The summed E-state index contributed by atoms with van der Waals surface area (Å²) in [6, 6.07) is 1.84. The molecule has 1 N–H and O–H groups in total. The van der Waals surface area contributed by atoms with Crippen LogP contribution in [0.3, 0.4) is 0 Å². The summed E-state index contributed by atoms with van der Waals surface area (Å²) in [4.78, 5) is 25.1. The van der Waals surface area contributed by atoms with Gasteiger partial charge in [0.15, 0.2) is 0 Å². The third-order valence-electron chi connectivity index (χ3n) is 3.17. The van der Waals surface area contributed by atoms with Gasteiger partial charge in [0.2, 0.25) is 11.8 Å². The first-order valence-electron chi connectivity index (χ1n) is 6.23. The minimum Gasteiger partial charge on any atom is -0.354 e. The Labute approximate surface area is 106 Å². The Kier molecular flexibility index (Phi) is 3.96. The fourth-order valence-corrected chi connectivity index (χ4v) is 2.12. The zero-order valence-corrected chi connectivity index (χ0v) is 10.5. The van der Waals surface area contributed by atoms with Gasteiger partial charge in [0.05, 0.1) is 12.5 Å². The highest BCUT2D eigenvalue weighted by atomic mass is 16.2. The van der Waals surface area contributed by atoms with Crippen molar-refractivity contribution in [3.8, 4) is 0 Å². The van der Waals surface area contributed by atoms with E-state index in [1.54, 1.807) is 15.8 Å². The number of carbonyl (C=O) groups excluding carboxylic acids is 2. The second-order valence-corrected chi connectivity index (χ2v) is 4.39. The van der Waals surface area contributed by atoms with E-state index in [9.17, 15) is 9.59 Å². The zero-order valence-electron chi connectivity index (χ0n) is 10.5. The van der Waals surface area contributed by atoms with Gasteiger partial charge in [0, 0.05) is 38.4 Å². The molecule has 1 aromatic rings. The van der Waals surface area contributed by atoms with Crippen molar-refractivity contribution in [3.63, 3.8) is 0 Å². The summed E-state index contributed by atoms with van der Waals surface area (Å²) in [6.07, 6.45) is 3.89. The Morgan fingerprint density at radius 2 is 2.44 bits per heavy atom. The Hall–Kier alpha value is -1.85. The number of carbonyl (C=O) groups is 2. The average molecular weight is 250 g/mol. The third-order valence-corrected chi connectivity index (χ3v) is 3.17. The van der Waals surface area contributed by atoms with Crippen molar-refractivity contribution in [1.29, 1.82) is 0 Å². The molecular weight excluding hydrogens is 232 g/mol. The number of rotatable bonds is 5. The number of aromatic nitrogens is 2. The molecule has 2 amide bonds. The number of hydrogen-bond acceptors (Lipinski definition) is 3. The smallest absolute Gasteiger partial charge is 0.225 e. The van der Waals surface area contributed by atoms with Crippen LogP contribution in [0.25, 0.3) is 0 Å². The molecule has 0 aliphatic carbocycles. The van der Waals surface area contributed by atoms with E-state index in [0.29, 0.717) is 32.6 Å². The van der Waals surface area contributed by atoms with Crippen molar-refractivity contribution in [2.24, 2.45) is 5.92 Å². The van der Waals surface area contributed by atoms with Crippen molar-refractivity contribution in [2.75, 3.05) is 19.6 Å². The van der Waals surface area contributed by atoms with Gasteiger partial charge in [-0.15, -0.1) is 0 Å². The average Bonchev–Trinajstić information content (AvgIpc) is 2.98. The molecule has 18 heavy (non-hydrogen) atoms. The molecule has 6 heteroatoms. The maximum Gasteiger partial charge on any atom is 0.225 e. The zero-order chi connectivity index (χ0) is 13.0. The van der Waals surface area contributed by atoms with Crippen LogP contribution in [0.1, 0.15) is 13.3 Å². The number of amides is 2. The largest absolute Gasteiger partial charge is 0.354 e. The molecule has 98 valence electrons. The molecule has 0 radical (unpaired) electrons. The van der Waals surface area contributed by atoms with Gasteiger partial charge in [-0.2, -0.15) is 5.10 Å². The Morgan fingerprint density at radius 3 is 3.06 bits per heavy atom. The summed E-state index contributed by atoms with van der Waals surface area (Å²) in [5.41, 5.74) is 0. The standard InChI is InChI=1S/C12H18N4O2/c1-2-15-9-10(8-11(15)17)12(18)13-5-7-16-6-3-4-14-16/h3-4,6,10H,2,5,7-9H2,1H3,(H,13,18)/t10-/m0/s1. The van der Waals surface area contributed by atoms with Crippen molar-refractivity contribution in [2.45, 2.75) is 19.9 Å². The summed E-state index contributed by atoms with van der Waals surface area (Å²) in [7, 11) is 0. The monoisotopic (exact) mass is 250 g/mol. The first kappa shape index (κ1) is 12.6. The van der Waals surface area contributed by atoms with Crippen molar-refractivity contribution in [1.82, 2.24) is 20.0 Å². The van der Waals surface area contributed by atoms with Crippen LogP contribution in [0.15, 0.2) is 18.5 Å². The lowest BCUT2D eigenvalue weighted by Gasteiger charge is -2.13. The molecule has 0 saturated carbocycles. The van der Waals surface area contributed by atoms with Crippen molar-refractivity contribution < 1.29 is 9.59 Å². The normalized spacial score (nSPS) is 19.3. The fourth-order valence-electron chi connectivity index (χ4n) is 2.12. The minimum absolute atomic E-state index is 0.0357. The van der Waals surface area contributed by atoms with Crippen LogP contribution in [0, 0.1) is 5.92 Å². The van der Waals surface area contributed by atoms with Crippen LogP contribution in [-0.2, 0) is 16.1 Å². The third kappa shape index (κ3) is 2.88. The van der Waals surface area contributed by atoms with Gasteiger partial charge >= 0.3 is 0 Å². The van der Waals surface area contributed by atoms with E-state index in [1.807, 2.05) is 19.2 Å². The molecule has 1 fully saturated rings. The summed E-state index contributed by atoms with van der Waals surface area (Å²) in [5, 5.41) is 6.90. The molecule has 0 aromatic carbocycles. The maximum atomic E-state index is 11.9. The molecule has 1 aliphatic rings. The SMILES string of the molecule is CCN1C[C@@H](C(=O)NCCn2cccn2)CC1=O. The molecule has 6 nitrogen and oxygen atoms in total. The summed E-state index contributed by atoms with van der Waals surface area (Å²) < 4.78 is 1.76. The molecule has 2 heterocycles. The van der Waals surface area contributed by atoms with E-state index in [4.69, 9.17) is 0 Å². The first-order chi connectivity index (χ1) is 8.70.